The Labute approximate surface area is 131 Å². The largest absolute Gasteiger partial charge is 0.382 e. The molecule has 2 aromatic heterocycles. The van der Waals surface area contributed by atoms with E-state index in [0.29, 0.717) is 15.8 Å². The van der Waals surface area contributed by atoms with E-state index in [2.05, 4.69) is 20.2 Å². The smallest absolute Gasteiger partial charge is 0.271 e. The fraction of sp³-hybridized carbons (Fsp3) is 0.462. The Morgan fingerprint density at radius 1 is 1.33 bits per heavy atom. The molecule has 0 saturated carbocycles. The molecule has 1 fully saturated rings. The number of nitrogens with two attached hydrogens (primary N) is 1. The summed E-state index contributed by atoms with van der Waals surface area (Å²) in [6.45, 7) is 3.86. The molecule has 1 aliphatic heterocycles. The molecular formula is C13H17N5OS2. The third-order valence-electron chi connectivity index (χ3n) is 3.31. The van der Waals surface area contributed by atoms with Crippen molar-refractivity contribution in [1.29, 1.82) is 0 Å². The van der Waals surface area contributed by atoms with E-state index in [1.165, 1.54) is 41.9 Å². The number of hydrogen-bond donors (Lipinski definition) is 2. The number of nitrogens with one attached hydrogen (secondary N) is 1. The van der Waals surface area contributed by atoms with Gasteiger partial charge in [-0.1, -0.05) is 11.3 Å². The van der Waals surface area contributed by atoms with Gasteiger partial charge in [-0.3, -0.25) is 10.1 Å². The molecule has 0 spiro atoms. The summed E-state index contributed by atoms with van der Waals surface area (Å²) in [6, 6.07) is 0. The van der Waals surface area contributed by atoms with Crippen molar-refractivity contribution in [3.8, 4) is 0 Å². The number of nitrogen functional groups attached to an aromatic ring is 1. The first kappa shape index (κ1) is 14.3. The van der Waals surface area contributed by atoms with Crippen LogP contribution in [0.2, 0.25) is 0 Å². The van der Waals surface area contributed by atoms with E-state index < -0.39 is 0 Å². The summed E-state index contributed by atoms with van der Waals surface area (Å²) >= 11 is 2.76. The summed E-state index contributed by atoms with van der Waals surface area (Å²) in [5.41, 5.74) is 6.79. The number of anilines is 3. The van der Waals surface area contributed by atoms with E-state index >= 15 is 0 Å². The van der Waals surface area contributed by atoms with Gasteiger partial charge in [0.1, 0.15) is 10.7 Å². The van der Waals surface area contributed by atoms with Crippen molar-refractivity contribution in [2.24, 2.45) is 0 Å². The number of hydrogen-bond acceptors (Lipinski definition) is 7. The number of aromatic nitrogens is 2. The summed E-state index contributed by atoms with van der Waals surface area (Å²) in [6.07, 6.45) is 3.59. The highest BCUT2D eigenvalue weighted by molar-refractivity contribution is 7.18. The highest BCUT2D eigenvalue weighted by Gasteiger charge is 2.21. The number of piperidine rings is 1. The molecule has 0 bridgehead atoms. The van der Waals surface area contributed by atoms with Crippen molar-refractivity contribution in [2.75, 3.05) is 29.0 Å². The number of amides is 1. The second kappa shape index (κ2) is 5.98. The van der Waals surface area contributed by atoms with Gasteiger partial charge in [0, 0.05) is 18.5 Å². The molecule has 1 aliphatic rings. The van der Waals surface area contributed by atoms with Gasteiger partial charge in [0.05, 0.1) is 5.69 Å². The zero-order chi connectivity index (χ0) is 14.8. The molecule has 21 heavy (non-hydrogen) atoms. The van der Waals surface area contributed by atoms with Crippen LogP contribution in [0.1, 0.15) is 34.6 Å². The van der Waals surface area contributed by atoms with Gasteiger partial charge in [-0.05, 0) is 26.2 Å². The highest BCUT2D eigenvalue weighted by atomic mass is 32.1. The molecule has 3 N–H and O–H groups in total. The van der Waals surface area contributed by atoms with Crippen LogP contribution < -0.4 is 16.0 Å². The normalized spacial score (nSPS) is 15.2. The quantitative estimate of drug-likeness (QED) is 0.907. The van der Waals surface area contributed by atoms with Crippen LogP contribution >= 0.6 is 22.7 Å². The maximum absolute atomic E-state index is 12.3. The average molecular weight is 323 g/mol. The first-order valence-electron chi connectivity index (χ1n) is 6.88. The monoisotopic (exact) mass is 323 g/mol. The van der Waals surface area contributed by atoms with Gasteiger partial charge in [-0.2, -0.15) is 0 Å². The Balaban J connectivity index is 1.75. The van der Waals surface area contributed by atoms with Crippen LogP contribution in [0.25, 0.3) is 0 Å². The predicted molar refractivity (Wildman–Crippen MR) is 87.4 cm³/mol. The molecule has 0 aliphatic carbocycles. The molecular weight excluding hydrogens is 306 g/mol. The summed E-state index contributed by atoms with van der Waals surface area (Å²) < 4.78 is 0. The van der Waals surface area contributed by atoms with Gasteiger partial charge in [0.2, 0.25) is 0 Å². The Morgan fingerprint density at radius 3 is 2.76 bits per heavy atom. The number of aryl methyl sites for hydroxylation is 1. The van der Waals surface area contributed by atoms with E-state index in [1.807, 2.05) is 12.3 Å². The predicted octanol–water partition coefficient (Wildman–Crippen LogP) is 2.73. The average Bonchev–Trinajstić information content (AvgIpc) is 3.06. The molecule has 8 heteroatoms. The number of nitrogens with zero attached hydrogens (tertiary/aromatic N) is 3. The van der Waals surface area contributed by atoms with Crippen molar-refractivity contribution in [3.63, 3.8) is 0 Å². The first-order valence-corrected chi connectivity index (χ1v) is 8.58. The maximum atomic E-state index is 12.3. The number of carbonyl (C=O) groups excluding carboxylic acids is 1. The van der Waals surface area contributed by atoms with E-state index in [-0.39, 0.29) is 5.91 Å². The van der Waals surface area contributed by atoms with Crippen LogP contribution in [0.3, 0.4) is 0 Å². The zero-order valence-electron chi connectivity index (χ0n) is 11.8. The van der Waals surface area contributed by atoms with E-state index in [0.717, 1.165) is 23.9 Å². The summed E-state index contributed by atoms with van der Waals surface area (Å²) in [4.78, 5) is 23.5. The van der Waals surface area contributed by atoms with Crippen LogP contribution in [0.4, 0.5) is 16.1 Å². The van der Waals surface area contributed by atoms with Gasteiger partial charge in [0.15, 0.2) is 10.3 Å². The van der Waals surface area contributed by atoms with Crippen LogP contribution in [-0.2, 0) is 0 Å². The van der Waals surface area contributed by atoms with Gasteiger partial charge in [-0.25, -0.2) is 9.97 Å². The SMILES string of the molecule is Cc1csc(NC(=O)c2sc(N3CCCCC3)nc2N)n1. The zero-order valence-corrected chi connectivity index (χ0v) is 13.4. The summed E-state index contributed by atoms with van der Waals surface area (Å²) in [5, 5.41) is 6.10. The molecule has 112 valence electrons. The van der Waals surface area contributed by atoms with Crippen LogP contribution in [0, 0.1) is 6.92 Å². The Hall–Kier alpha value is -1.67. The molecule has 0 unspecified atom stereocenters. The molecule has 3 heterocycles. The van der Waals surface area contributed by atoms with Gasteiger partial charge in [0.25, 0.3) is 5.91 Å². The number of thiazole rings is 2. The van der Waals surface area contributed by atoms with Crippen molar-refractivity contribution in [3.05, 3.63) is 16.0 Å². The second-order valence-corrected chi connectivity index (χ2v) is 6.84. The van der Waals surface area contributed by atoms with Gasteiger partial charge < -0.3 is 10.6 Å². The Morgan fingerprint density at radius 2 is 2.10 bits per heavy atom. The fourth-order valence-electron chi connectivity index (χ4n) is 2.27. The first-order chi connectivity index (χ1) is 10.1. The van der Waals surface area contributed by atoms with Crippen LogP contribution in [0.15, 0.2) is 5.38 Å². The van der Waals surface area contributed by atoms with Crippen molar-refractivity contribution < 1.29 is 4.79 Å². The van der Waals surface area contributed by atoms with E-state index in [1.54, 1.807) is 0 Å². The molecule has 3 rings (SSSR count). The standard InChI is InChI=1S/C13H17N5OS2/c1-8-7-20-12(15-8)17-11(19)9-10(14)16-13(21-9)18-5-3-2-4-6-18/h7H,2-6,14H2,1H3,(H,15,17,19). The van der Waals surface area contributed by atoms with Crippen molar-refractivity contribution >= 4 is 44.7 Å². The lowest BCUT2D eigenvalue weighted by atomic mass is 10.1. The minimum absolute atomic E-state index is 0.234. The third-order valence-corrected chi connectivity index (χ3v) is 5.32. The lowest BCUT2D eigenvalue weighted by Gasteiger charge is -2.25. The second-order valence-electron chi connectivity index (χ2n) is 5.01. The van der Waals surface area contributed by atoms with Crippen LogP contribution in [-0.4, -0.2) is 29.0 Å². The van der Waals surface area contributed by atoms with E-state index in [9.17, 15) is 4.79 Å². The Kier molecular flexibility index (Phi) is 4.07. The topological polar surface area (TPSA) is 84.1 Å². The van der Waals surface area contributed by atoms with Crippen molar-refractivity contribution in [2.45, 2.75) is 26.2 Å². The fourth-order valence-corrected chi connectivity index (χ4v) is 3.88. The number of rotatable bonds is 3. The Bertz CT molecular complexity index is 645. The molecule has 1 saturated heterocycles. The molecule has 6 nitrogen and oxygen atoms in total. The lowest BCUT2D eigenvalue weighted by molar-refractivity contribution is 0.103. The van der Waals surface area contributed by atoms with Crippen molar-refractivity contribution in [1.82, 2.24) is 9.97 Å². The minimum atomic E-state index is -0.234. The molecule has 2 aromatic rings. The van der Waals surface area contributed by atoms with Gasteiger partial charge >= 0.3 is 0 Å². The molecule has 0 radical (unpaired) electrons. The third kappa shape index (κ3) is 3.16. The number of carbonyl (C=O) groups is 1. The summed E-state index contributed by atoms with van der Waals surface area (Å²) in [5.74, 6) is 0.0639. The van der Waals surface area contributed by atoms with E-state index in [4.69, 9.17) is 5.73 Å². The highest BCUT2D eigenvalue weighted by Crippen LogP contribution is 2.30. The van der Waals surface area contributed by atoms with Crippen LogP contribution in [0.5, 0.6) is 0 Å². The lowest BCUT2D eigenvalue weighted by Crippen LogP contribution is -2.29. The molecule has 0 aromatic carbocycles. The molecule has 0 atom stereocenters. The summed E-state index contributed by atoms with van der Waals surface area (Å²) in [7, 11) is 0. The molecule has 1 amide bonds. The maximum Gasteiger partial charge on any atom is 0.271 e. The minimum Gasteiger partial charge on any atom is -0.382 e. The van der Waals surface area contributed by atoms with Gasteiger partial charge in [-0.15, -0.1) is 11.3 Å².